The summed E-state index contributed by atoms with van der Waals surface area (Å²) in [5.41, 5.74) is 2.39. The molecule has 0 amide bonds. The number of fused-ring (bicyclic) bond motifs is 5. The van der Waals surface area contributed by atoms with Crippen molar-refractivity contribution in [1.82, 2.24) is 19.4 Å². The highest BCUT2D eigenvalue weighted by Crippen LogP contribution is 2.50. The third kappa shape index (κ3) is 4.84. The normalized spacial score (nSPS) is 39.6. The monoisotopic (exact) mass is 532 g/mol. The number of carboxylic acids is 1. The lowest BCUT2D eigenvalue weighted by molar-refractivity contribution is -0.138. The van der Waals surface area contributed by atoms with Gasteiger partial charge in [-0.25, -0.2) is 4.98 Å². The quantitative estimate of drug-likeness (QED) is 0.488. The van der Waals surface area contributed by atoms with E-state index in [4.69, 9.17) is 4.98 Å². The van der Waals surface area contributed by atoms with E-state index >= 15 is 0 Å². The smallest absolute Gasteiger partial charge is 0.317 e. The Morgan fingerprint density at radius 2 is 1.77 bits per heavy atom. The van der Waals surface area contributed by atoms with Gasteiger partial charge >= 0.3 is 5.97 Å². The molecule has 39 heavy (non-hydrogen) atoms. The molecule has 1 aromatic carbocycles. The summed E-state index contributed by atoms with van der Waals surface area (Å²) >= 11 is 0. The number of hydrogen-bond acceptors (Lipinski definition) is 4. The highest BCUT2D eigenvalue weighted by Gasteiger charge is 2.48. The van der Waals surface area contributed by atoms with Gasteiger partial charge in [0.15, 0.2) is 0 Å². The number of hydrogen-bond donors (Lipinski definition) is 1. The zero-order valence-corrected chi connectivity index (χ0v) is 24.0. The van der Waals surface area contributed by atoms with Crippen LogP contribution in [0.1, 0.15) is 102 Å². The Labute approximate surface area is 234 Å². The zero-order valence-electron chi connectivity index (χ0n) is 24.0. The molecule has 2 aliphatic carbocycles. The van der Waals surface area contributed by atoms with Crippen LogP contribution in [0.2, 0.25) is 0 Å². The van der Waals surface area contributed by atoms with E-state index in [1.165, 1.54) is 69.1 Å². The van der Waals surface area contributed by atoms with Crippen molar-refractivity contribution in [3.05, 3.63) is 30.1 Å². The number of aromatic nitrogens is 2. The Morgan fingerprint density at radius 3 is 2.64 bits per heavy atom. The van der Waals surface area contributed by atoms with E-state index in [0.29, 0.717) is 24.0 Å². The van der Waals surface area contributed by atoms with Crippen molar-refractivity contribution in [2.24, 2.45) is 23.7 Å². The lowest BCUT2D eigenvalue weighted by Gasteiger charge is -2.58. The molecule has 4 bridgehead atoms. The highest BCUT2D eigenvalue weighted by atomic mass is 16.4. The summed E-state index contributed by atoms with van der Waals surface area (Å²) in [4.78, 5) is 22.0. The van der Waals surface area contributed by atoms with Gasteiger partial charge in [-0.15, -0.1) is 0 Å². The Kier molecular flexibility index (Phi) is 6.99. The van der Waals surface area contributed by atoms with Crippen LogP contribution < -0.4 is 0 Å². The van der Waals surface area contributed by atoms with E-state index in [1.54, 1.807) is 0 Å². The SMILES string of the molecule is C[C@@H]1CC[C@@H]2C[C@H]1C[C@@H](N1[C@H]3CC[C@@H](C)[C@@H]1C[C@H](n1c([C@@H]4CCCN(CC(=O)O)C4)nc4ccccc41)C3)C2. The van der Waals surface area contributed by atoms with Gasteiger partial charge in [-0.3, -0.25) is 14.6 Å². The van der Waals surface area contributed by atoms with Crippen LogP contribution in [0.15, 0.2) is 24.3 Å². The van der Waals surface area contributed by atoms with E-state index in [2.05, 4.69) is 52.5 Å². The number of carbonyl (C=O) groups is 1. The Hall–Kier alpha value is -1.92. The lowest BCUT2D eigenvalue weighted by atomic mass is 9.64. The minimum Gasteiger partial charge on any atom is -0.480 e. The van der Waals surface area contributed by atoms with Crippen LogP contribution in [0.25, 0.3) is 11.0 Å². The van der Waals surface area contributed by atoms with Crippen molar-refractivity contribution >= 4 is 17.0 Å². The average molecular weight is 533 g/mol. The molecule has 4 heterocycles. The van der Waals surface area contributed by atoms with Gasteiger partial charge in [0.1, 0.15) is 5.82 Å². The maximum Gasteiger partial charge on any atom is 0.317 e. The van der Waals surface area contributed by atoms with Crippen LogP contribution in [0.4, 0.5) is 0 Å². The topological polar surface area (TPSA) is 61.6 Å². The molecule has 0 spiro atoms. The van der Waals surface area contributed by atoms with Gasteiger partial charge < -0.3 is 9.67 Å². The fraction of sp³-hybridized carbons (Fsp3) is 0.758. The van der Waals surface area contributed by atoms with Gasteiger partial charge in [0.05, 0.1) is 17.6 Å². The van der Waals surface area contributed by atoms with Gasteiger partial charge in [0, 0.05) is 36.6 Å². The number of aliphatic carboxylic acids is 1. The molecule has 1 N–H and O–H groups in total. The van der Waals surface area contributed by atoms with E-state index in [9.17, 15) is 9.90 Å². The van der Waals surface area contributed by atoms with E-state index in [0.717, 1.165) is 61.2 Å². The third-order valence-electron chi connectivity index (χ3n) is 11.8. The van der Waals surface area contributed by atoms with Crippen LogP contribution in [0.5, 0.6) is 0 Å². The molecule has 5 aliphatic rings. The zero-order chi connectivity index (χ0) is 26.7. The van der Waals surface area contributed by atoms with Gasteiger partial charge in [-0.05, 0) is 100 Å². The van der Waals surface area contributed by atoms with Gasteiger partial charge in [0.25, 0.3) is 0 Å². The van der Waals surface area contributed by atoms with Crippen LogP contribution in [0.3, 0.4) is 0 Å². The van der Waals surface area contributed by atoms with Gasteiger partial charge in [0.2, 0.25) is 0 Å². The molecule has 1 aromatic heterocycles. The molecule has 0 radical (unpaired) electrons. The number of nitrogens with zero attached hydrogens (tertiary/aromatic N) is 4. The first kappa shape index (κ1) is 26.0. The predicted octanol–water partition coefficient (Wildman–Crippen LogP) is 6.32. The first-order valence-electron chi connectivity index (χ1n) is 16.1. The molecule has 9 atom stereocenters. The molecule has 6 nitrogen and oxygen atoms in total. The third-order valence-corrected chi connectivity index (χ3v) is 11.8. The molecular formula is C33H48N4O2. The molecule has 2 aromatic rings. The Bertz CT molecular complexity index is 1190. The van der Waals surface area contributed by atoms with Crippen LogP contribution in [-0.2, 0) is 4.79 Å². The van der Waals surface area contributed by atoms with Crippen molar-refractivity contribution in [1.29, 1.82) is 0 Å². The van der Waals surface area contributed by atoms with Gasteiger partial charge in [-0.1, -0.05) is 38.8 Å². The number of rotatable bonds is 5. The summed E-state index contributed by atoms with van der Waals surface area (Å²) in [5, 5.41) is 9.44. The number of benzene rings is 1. The second-order valence-corrected chi connectivity index (χ2v) is 14.2. The van der Waals surface area contributed by atoms with Crippen molar-refractivity contribution in [2.45, 2.75) is 115 Å². The number of para-hydroxylation sites is 2. The second-order valence-electron chi connectivity index (χ2n) is 14.2. The summed E-state index contributed by atoms with van der Waals surface area (Å²) in [5.74, 6) is 4.37. The standard InChI is InChI=1S/C33H48N4O2/c1-21-9-11-23-14-25(21)16-27(15-23)36-26-12-10-22(2)31(36)18-28(17-26)37-30-8-4-3-7-29(30)34-33(37)24-6-5-13-35(19-24)20-32(38)39/h3-4,7-8,21-28,31H,5-6,9-20H2,1-2H3,(H,38,39)/t21-,22-,23-,24-,25+,26+,27+,28-,31+/m1/s1. The summed E-state index contributed by atoms with van der Waals surface area (Å²) in [7, 11) is 0. The lowest BCUT2D eigenvalue weighted by Crippen LogP contribution is -2.61. The molecule has 0 unspecified atom stereocenters. The fourth-order valence-corrected chi connectivity index (χ4v) is 9.89. The summed E-state index contributed by atoms with van der Waals surface area (Å²) in [6, 6.07) is 11.4. The molecule has 6 heteroatoms. The van der Waals surface area contributed by atoms with Crippen molar-refractivity contribution in [3.8, 4) is 0 Å². The molecular weight excluding hydrogens is 484 g/mol. The highest BCUT2D eigenvalue weighted by molar-refractivity contribution is 5.76. The summed E-state index contributed by atoms with van der Waals surface area (Å²) in [6.45, 7) is 6.87. The fourth-order valence-electron chi connectivity index (χ4n) is 9.89. The molecule has 7 rings (SSSR count). The van der Waals surface area contributed by atoms with Crippen molar-refractivity contribution in [3.63, 3.8) is 0 Å². The number of piperidine rings is 3. The van der Waals surface area contributed by atoms with Crippen molar-refractivity contribution in [2.75, 3.05) is 19.6 Å². The van der Waals surface area contributed by atoms with Crippen molar-refractivity contribution < 1.29 is 9.90 Å². The molecule has 212 valence electrons. The summed E-state index contributed by atoms with van der Waals surface area (Å²) < 4.78 is 2.65. The average Bonchev–Trinajstić information content (AvgIpc) is 3.32. The van der Waals surface area contributed by atoms with E-state index in [1.807, 2.05) is 0 Å². The second kappa shape index (κ2) is 10.5. The molecule has 2 saturated carbocycles. The minimum absolute atomic E-state index is 0.138. The van der Waals surface area contributed by atoms with Gasteiger partial charge in [-0.2, -0.15) is 0 Å². The maximum absolute atomic E-state index is 11.5. The minimum atomic E-state index is -0.723. The van der Waals surface area contributed by atoms with Crippen LogP contribution in [0, 0.1) is 23.7 Å². The molecule has 5 fully saturated rings. The largest absolute Gasteiger partial charge is 0.480 e. The summed E-state index contributed by atoms with van der Waals surface area (Å²) in [6.07, 6.45) is 14.6. The van der Waals surface area contributed by atoms with E-state index in [-0.39, 0.29) is 6.54 Å². The number of imidazole rings is 1. The first-order valence-corrected chi connectivity index (χ1v) is 16.1. The van der Waals surface area contributed by atoms with Crippen LogP contribution >= 0.6 is 0 Å². The first-order chi connectivity index (χ1) is 18.9. The maximum atomic E-state index is 11.5. The number of carboxylic acid groups (broad SMARTS) is 1. The molecule has 3 saturated heterocycles. The number of likely N-dealkylation sites (tertiary alicyclic amines) is 1. The Balaban J connectivity index is 1.19. The van der Waals surface area contributed by atoms with E-state index < -0.39 is 5.97 Å². The molecule has 3 aliphatic heterocycles. The Morgan fingerprint density at radius 1 is 0.923 bits per heavy atom. The van der Waals surface area contributed by atoms with Crippen LogP contribution in [-0.4, -0.2) is 68.2 Å². The predicted molar refractivity (Wildman–Crippen MR) is 155 cm³/mol.